The lowest BCUT2D eigenvalue weighted by atomic mass is 9.93. The summed E-state index contributed by atoms with van der Waals surface area (Å²) in [5, 5.41) is 0. The molecule has 3 heterocycles. The van der Waals surface area contributed by atoms with Gasteiger partial charge in [-0.25, -0.2) is 9.89 Å². The summed E-state index contributed by atoms with van der Waals surface area (Å²) in [5.74, 6) is 5.32. The van der Waals surface area contributed by atoms with E-state index in [2.05, 4.69) is 54.0 Å². The van der Waals surface area contributed by atoms with Gasteiger partial charge in [0, 0.05) is 24.2 Å². The van der Waals surface area contributed by atoms with Gasteiger partial charge in [-0.3, -0.25) is 0 Å². The standard InChI is InChI=1S/C47H68N6O2/c1-6-8-10-12-14-16-18-20-22-24-34-52(35-25-23-21-19-17-15-13-11-9-7-2)46-50-45-43(39-28-32-41(55-5)33-29-39)36-42(38-26-30-40(54-4)31-27-38)44-48-37(3)49-47(51-46)53(44)45/h26-33,36H,6-25,34-35H2,1-5H3. The number of methoxy groups -OCH3 is 2. The molecule has 8 heteroatoms. The first-order valence-electron chi connectivity index (χ1n) is 21.7. The Balaban J connectivity index is 1.39. The molecule has 0 bridgehead atoms. The number of nitrogens with zero attached hydrogens (tertiary/aromatic N) is 6. The van der Waals surface area contributed by atoms with Crippen molar-refractivity contribution in [1.82, 2.24) is 9.80 Å². The highest BCUT2D eigenvalue weighted by atomic mass is 16.5. The summed E-state index contributed by atoms with van der Waals surface area (Å²) in [7, 11) is 3.40. The molecule has 3 aliphatic rings. The van der Waals surface area contributed by atoms with E-state index in [-0.39, 0.29) is 0 Å². The average molecular weight is 749 g/mol. The van der Waals surface area contributed by atoms with E-state index in [1.165, 1.54) is 116 Å². The van der Waals surface area contributed by atoms with Crippen LogP contribution in [-0.2, 0) is 0 Å². The molecular formula is C47H68N6O2. The summed E-state index contributed by atoms with van der Waals surface area (Å²) in [5.41, 5.74) is 4.08. The normalized spacial score (nSPS) is 14.9. The number of hydrogen-bond donors (Lipinski definition) is 0. The number of aliphatic imine (C=N–C) groups is 4. The first-order chi connectivity index (χ1) is 27.1. The summed E-state index contributed by atoms with van der Waals surface area (Å²) in [6.45, 7) is 8.44. The van der Waals surface area contributed by atoms with Crippen LogP contribution in [0, 0.1) is 0 Å². The van der Waals surface area contributed by atoms with Crippen LogP contribution in [0.5, 0.6) is 11.5 Å². The molecule has 2 aromatic rings. The predicted octanol–water partition coefficient (Wildman–Crippen LogP) is 12.5. The molecule has 2 aromatic carbocycles. The van der Waals surface area contributed by atoms with E-state index >= 15 is 0 Å². The first kappa shape index (κ1) is 42.0. The van der Waals surface area contributed by atoms with Gasteiger partial charge in [0.25, 0.3) is 0 Å². The molecule has 0 unspecified atom stereocenters. The number of amidine groups is 2. The number of ether oxygens (including phenoxy) is 2. The van der Waals surface area contributed by atoms with Crippen LogP contribution < -0.4 is 9.47 Å². The van der Waals surface area contributed by atoms with Gasteiger partial charge in [0.05, 0.1) is 14.2 Å². The fourth-order valence-corrected chi connectivity index (χ4v) is 7.68. The molecule has 0 spiro atoms. The summed E-state index contributed by atoms with van der Waals surface area (Å²) in [6, 6.07) is 16.4. The molecular weight excluding hydrogens is 681 g/mol. The summed E-state index contributed by atoms with van der Waals surface area (Å²) >= 11 is 0. The predicted molar refractivity (Wildman–Crippen MR) is 233 cm³/mol. The van der Waals surface area contributed by atoms with Crippen molar-refractivity contribution in [2.45, 2.75) is 149 Å². The highest BCUT2D eigenvalue weighted by Gasteiger charge is 2.37. The van der Waals surface area contributed by atoms with Gasteiger partial charge >= 0.3 is 0 Å². The molecule has 0 radical (unpaired) electrons. The molecule has 0 aliphatic carbocycles. The maximum absolute atomic E-state index is 5.53. The molecule has 55 heavy (non-hydrogen) atoms. The Morgan fingerprint density at radius 1 is 0.527 bits per heavy atom. The lowest BCUT2D eigenvalue weighted by molar-refractivity contribution is 0.377. The summed E-state index contributed by atoms with van der Waals surface area (Å²) in [6.07, 6.45) is 28.6. The molecule has 298 valence electrons. The van der Waals surface area contributed by atoms with Crippen molar-refractivity contribution in [3.05, 3.63) is 71.6 Å². The van der Waals surface area contributed by atoms with Crippen LogP contribution >= 0.6 is 0 Å². The third kappa shape index (κ3) is 12.4. The van der Waals surface area contributed by atoms with Crippen LogP contribution in [0.3, 0.4) is 0 Å². The third-order valence-corrected chi connectivity index (χ3v) is 11.0. The van der Waals surface area contributed by atoms with Crippen molar-refractivity contribution in [2.75, 3.05) is 27.3 Å². The van der Waals surface area contributed by atoms with Crippen LogP contribution in [0.25, 0.3) is 11.1 Å². The van der Waals surface area contributed by atoms with Crippen molar-refractivity contribution in [3.63, 3.8) is 0 Å². The van der Waals surface area contributed by atoms with E-state index in [1.54, 1.807) is 14.2 Å². The van der Waals surface area contributed by atoms with E-state index in [9.17, 15) is 0 Å². The van der Waals surface area contributed by atoms with Gasteiger partial charge in [-0.1, -0.05) is 154 Å². The minimum atomic E-state index is 0.628. The number of unbranched alkanes of at least 4 members (excludes halogenated alkanes) is 18. The van der Waals surface area contributed by atoms with Crippen LogP contribution in [-0.4, -0.2) is 60.7 Å². The molecule has 0 N–H and O–H groups in total. The maximum atomic E-state index is 5.53. The zero-order valence-corrected chi connectivity index (χ0v) is 34.8. The molecule has 5 rings (SSSR count). The van der Waals surface area contributed by atoms with Crippen LogP contribution in [0.1, 0.15) is 160 Å². The Bertz CT molecular complexity index is 1640. The third-order valence-electron chi connectivity index (χ3n) is 11.0. The van der Waals surface area contributed by atoms with E-state index in [1.807, 2.05) is 31.2 Å². The van der Waals surface area contributed by atoms with Crippen LogP contribution in [0.15, 0.2) is 80.4 Å². The maximum Gasteiger partial charge on any atom is 0.242 e. The van der Waals surface area contributed by atoms with Gasteiger partial charge in [0.1, 0.15) is 17.3 Å². The molecule has 0 fully saturated rings. The van der Waals surface area contributed by atoms with Gasteiger partial charge in [0.2, 0.25) is 11.9 Å². The Morgan fingerprint density at radius 2 is 0.982 bits per heavy atom. The number of hydrogen-bond acceptors (Lipinski definition) is 8. The Hall–Kier alpha value is -4.20. The second kappa shape index (κ2) is 23.0. The molecule has 0 saturated heterocycles. The van der Waals surface area contributed by atoms with Gasteiger partial charge in [-0.05, 0) is 61.2 Å². The van der Waals surface area contributed by atoms with Crippen molar-refractivity contribution in [1.29, 1.82) is 0 Å². The molecule has 8 nitrogen and oxygen atoms in total. The monoisotopic (exact) mass is 749 g/mol. The van der Waals surface area contributed by atoms with Crippen molar-refractivity contribution in [2.24, 2.45) is 20.0 Å². The quantitative estimate of drug-likeness (QED) is 0.0898. The number of guanidine groups is 2. The number of rotatable bonds is 26. The van der Waals surface area contributed by atoms with Crippen LogP contribution in [0.2, 0.25) is 0 Å². The van der Waals surface area contributed by atoms with Gasteiger partial charge in [-0.15, -0.1) is 0 Å². The average Bonchev–Trinajstić information content (AvgIpc) is 3.21. The highest BCUT2D eigenvalue weighted by Crippen LogP contribution is 2.39. The van der Waals surface area contributed by atoms with Crippen LogP contribution in [0.4, 0.5) is 0 Å². The van der Waals surface area contributed by atoms with E-state index in [0.29, 0.717) is 11.8 Å². The first-order valence-corrected chi connectivity index (χ1v) is 21.7. The van der Waals surface area contributed by atoms with Gasteiger partial charge in [0.15, 0.2) is 11.7 Å². The van der Waals surface area contributed by atoms with Crippen molar-refractivity contribution in [3.8, 4) is 11.5 Å². The SMILES string of the molecule is CCCCCCCCCCCCN(CCCCCCCCCCCC)C1=NC2=C(c3ccc(OC)cc3)C=C(c3ccc(OC)cc3)C3=NC(C)=NC(=N1)N32. The van der Waals surface area contributed by atoms with Gasteiger partial charge in [-0.2, -0.15) is 15.0 Å². The number of allylic oxidation sites excluding steroid dienone is 2. The smallest absolute Gasteiger partial charge is 0.242 e. The second-order valence-electron chi connectivity index (χ2n) is 15.4. The number of benzene rings is 2. The largest absolute Gasteiger partial charge is 0.497 e. The molecule has 0 aromatic heterocycles. The van der Waals surface area contributed by atoms with Gasteiger partial charge < -0.3 is 14.4 Å². The van der Waals surface area contributed by atoms with Crippen molar-refractivity contribution < 1.29 is 9.47 Å². The van der Waals surface area contributed by atoms with Crippen molar-refractivity contribution >= 4 is 34.7 Å². The minimum absolute atomic E-state index is 0.628. The fraction of sp³-hybridized carbons (Fsp3) is 0.574. The lowest BCUT2D eigenvalue weighted by Gasteiger charge is -2.37. The molecule has 0 saturated carbocycles. The zero-order chi connectivity index (χ0) is 38.7. The minimum Gasteiger partial charge on any atom is -0.497 e. The van der Waals surface area contributed by atoms with E-state index in [4.69, 9.17) is 29.4 Å². The Labute approximate surface area is 332 Å². The fourth-order valence-electron chi connectivity index (χ4n) is 7.68. The zero-order valence-electron chi connectivity index (χ0n) is 34.8. The summed E-state index contributed by atoms with van der Waals surface area (Å²) in [4.78, 5) is 25.1. The Kier molecular flexibility index (Phi) is 17.5. The second-order valence-corrected chi connectivity index (χ2v) is 15.4. The Morgan fingerprint density at radius 3 is 1.45 bits per heavy atom. The molecule has 0 atom stereocenters. The molecule has 0 amide bonds. The van der Waals surface area contributed by atoms with E-state index < -0.39 is 0 Å². The summed E-state index contributed by atoms with van der Waals surface area (Å²) < 4.78 is 11.0. The molecule has 3 aliphatic heterocycles. The lowest BCUT2D eigenvalue weighted by Crippen LogP contribution is -2.46. The van der Waals surface area contributed by atoms with E-state index in [0.717, 1.165) is 77.3 Å². The topological polar surface area (TPSA) is 74.4 Å². The highest BCUT2D eigenvalue weighted by molar-refractivity contribution is 6.35.